The van der Waals surface area contributed by atoms with Crippen molar-refractivity contribution in [2.24, 2.45) is 5.73 Å². The number of ether oxygens (including phenoxy) is 1. The quantitative estimate of drug-likeness (QED) is 0.699. The van der Waals surface area contributed by atoms with E-state index in [1.54, 1.807) is 0 Å². The second-order valence-corrected chi connectivity index (χ2v) is 3.45. The molecule has 2 N–H and O–H groups in total. The largest absolute Gasteiger partial charge is 0.493 e. The van der Waals surface area contributed by atoms with Gasteiger partial charge in [-0.05, 0) is 6.07 Å². The molecular formula is C9H9ClFNO. The lowest BCUT2D eigenvalue weighted by Gasteiger charge is -2.22. The lowest BCUT2D eigenvalue weighted by molar-refractivity contribution is 0.268. The van der Waals surface area contributed by atoms with E-state index < -0.39 is 5.82 Å². The molecule has 1 atom stereocenters. The van der Waals surface area contributed by atoms with Gasteiger partial charge in [0.05, 0.1) is 11.6 Å². The fraction of sp³-hybridized carbons (Fsp3) is 0.333. The summed E-state index contributed by atoms with van der Waals surface area (Å²) < 4.78 is 18.3. The van der Waals surface area contributed by atoms with Crippen molar-refractivity contribution in [3.8, 4) is 5.75 Å². The van der Waals surface area contributed by atoms with E-state index in [9.17, 15) is 4.39 Å². The lowest BCUT2D eigenvalue weighted by atomic mass is 10.0. The average Bonchev–Trinajstić information content (AvgIpc) is 2.09. The van der Waals surface area contributed by atoms with Gasteiger partial charge in [-0.1, -0.05) is 11.6 Å². The average molecular weight is 202 g/mol. The SMILES string of the molecule is N[C@H]1CCOc2cc(Cl)c(F)cc21. The fourth-order valence-electron chi connectivity index (χ4n) is 1.41. The Hall–Kier alpha value is -0.800. The Kier molecular flexibility index (Phi) is 2.14. The van der Waals surface area contributed by atoms with E-state index in [1.807, 2.05) is 0 Å². The van der Waals surface area contributed by atoms with Crippen molar-refractivity contribution in [3.05, 3.63) is 28.5 Å². The smallest absolute Gasteiger partial charge is 0.142 e. The van der Waals surface area contributed by atoms with Crippen LogP contribution in [0.5, 0.6) is 5.75 Å². The zero-order valence-corrected chi connectivity index (χ0v) is 7.64. The third-order valence-electron chi connectivity index (χ3n) is 2.14. The van der Waals surface area contributed by atoms with E-state index in [-0.39, 0.29) is 11.1 Å². The summed E-state index contributed by atoms with van der Waals surface area (Å²) in [6, 6.07) is 2.68. The van der Waals surface area contributed by atoms with Crippen molar-refractivity contribution in [3.63, 3.8) is 0 Å². The molecule has 1 aliphatic heterocycles. The molecule has 2 rings (SSSR count). The van der Waals surface area contributed by atoms with Gasteiger partial charge in [-0.3, -0.25) is 0 Å². The number of nitrogens with two attached hydrogens (primary N) is 1. The van der Waals surface area contributed by atoms with Crippen LogP contribution in [0.1, 0.15) is 18.0 Å². The zero-order chi connectivity index (χ0) is 9.42. The maximum Gasteiger partial charge on any atom is 0.142 e. The first kappa shape index (κ1) is 8.78. The van der Waals surface area contributed by atoms with Crippen LogP contribution in [0.2, 0.25) is 5.02 Å². The Morgan fingerprint density at radius 2 is 2.31 bits per heavy atom. The summed E-state index contributed by atoms with van der Waals surface area (Å²) in [6.07, 6.45) is 0.716. The highest BCUT2D eigenvalue weighted by molar-refractivity contribution is 6.30. The molecular weight excluding hydrogens is 193 g/mol. The van der Waals surface area contributed by atoms with Crippen LogP contribution < -0.4 is 10.5 Å². The van der Waals surface area contributed by atoms with Gasteiger partial charge in [0, 0.05) is 24.1 Å². The number of benzene rings is 1. The molecule has 1 aromatic carbocycles. The molecule has 0 spiro atoms. The van der Waals surface area contributed by atoms with Gasteiger partial charge in [0.1, 0.15) is 11.6 Å². The highest BCUT2D eigenvalue weighted by Crippen LogP contribution is 2.34. The Balaban J connectivity index is 2.52. The van der Waals surface area contributed by atoms with Crippen molar-refractivity contribution in [1.29, 1.82) is 0 Å². The molecule has 1 heterocycles. The summed E-state index contributed by atoms with van der Waals surface area (Å²) in [4.78, 5) is 0. The summed E-state index contributed by atoms with van der Waals surface area (Å²) in [7, 11) is 0. The minimum Gasteiger partial charge on any atom is -0.493 e. The standard InChI is InChI=1S/C9H9ClFNO/c10-6-4-9-5(3-7(6)11)8(12)1-2-13-9/h3-4,8H,1-2,12H2/t8-/m0/s1. The van der Waals surface area contributed by atoms with Gasteiger partial charge >= 0.3 is 0 Å². The van der Waals surface area contributed by atoms with Crippen molar-refractivity contribution >= 4 is 11.6 Å². The van der Waals surface area contributed by atoms with Gasteiger partial charge in [-0.2, -0.15) is 0 Å². The Morgan fingerprint density at radius 1 is 1.54 bits per heavy atom. The normalized spacial score (nSPS) is 20.7. The first-order valence-corrected chi connectivity index (χ1v) is 4.43. The highest BCUT2D eigenvalue weighted by Gasteiger charge is 2.19. The summed E-state index contributed by atoms with van der Waals surface area (Å²) in [6.45, 7) is 0.566. The Labute approximate surface area is 80.4 Å². The third kappa shape index (κ3) is 1.49. The number of halogens is 2. The molecule has 4 heteroatoms. The predicted molar refractivity (Wildman–Crippen MR) is 48.5 cm³/mol. The Bertz CT molecular complexity index is 343. The van der Waals surface area contributed by atoms with E-state index in [4.69, 9.17) is 22.1 Å². The molecule has 1 aromatic rings. The van der Waals surface area contributed by atoms with Gasteiger partial charge in [-0.15, -0.1) is 0 Å². The van der Waals surface area contributed by atoms with Gasteiger partial charge in [-0.25, -0.2) is 4.39 Å². The number of fused-ring (bicyclic) bond motifs is 1. The molecule has 2 nitrogen and oxygen atoms in total. The van der Waals surface area contributed by atoms with Crippen molar-refractivity contribution in [2.75, 3.05) is 6.61 Å². The first-order chi connectivity index (χ1) is 6.18. The van der Waals surface area contributed by atoms with E-state index >= 15 is 0 Å². The summed E-state index contributed by atoms with van der Waals surface area (Å²) in [5.41, 5.74) is 6.48. The van der Waals surface area contributed by atoms with E-state index in [2.05, 4.69) is 0 Å². The van der Waals surface area contributed by atoms with E-state index in [0.29, 0.717) is 24.3 Å². The molecule has 1 aliphatic rings. The van der Waals surface area contributed by atoms with Crippen LogP contribution in [0.3, 0.4) is 0 Å². The van der Waals surface area contributed by atoms with Crippen LogP contribution in [0.15, 0.2) is 12.1 Å². The number of rotatable bonds is 0. The van der Waals surface area contributed by atoms with Crippen LogP contribution in [-0.2, 0) is 0 Å². The summed E-state index contributed by atoms with van der Waals surface area (Å²) in [5, 5.41) is 0.0767. The molecule has 0 fully saturated rings. The fourth-order valence-corrected chi connectivity index (χ4v) is 1.56. The monoisotopic (exact) mass is 201 g/mol. The number of hydrogen-bond acceptors (Lipinski definition) is 2. The van der Waals surface area contributed by atoms with Gasteiger partial charge in [0.25, 0.3) is 0 Å². The van der Waals surface area contributed by atoms with Crippen LogP contribution in [0.4, 0.5) is 4.39 Å². The molecule has 0 saturated carbocycles. The maximum absolute atomic E-state index is 13.0. The minimum absolute atomic E-state index is 0.0767. The molecule has 0 aliphatic carbocycles. The van der Waals surface area contributed by atoms with Crippen molar-refractivity contribution in [1.82, 2.24) is 0 Å². The van der Waals surface area contributed by atoms with Crippen LogP contribution in [-0.4, -0.2) is 6.61 Å². The van der Waals surface area contributed by atoms with Crippen LogP contribution in [0.25, 0.3) is 0 Å². The van der Waals surface area contributed by atoms with Crippen LogP contribution in [0, 0.1) is 5.82 Å². The second-order valence-electron chi connectivity index (χ2n) is 3.05. The van der Waals surface area contributed by atoms with E-state index in [0.717, 1.165) is 0 Å². The second kappa shape index (κ2) is 3.16. The van der Waals surface area contributed by atoms with Gasteiger partial charge in [0.15, 0.2) is 0 Å². The predicted octanol–water partition coefficient (Wildman–Crippen LogP) is 2.26. The molecule has 0 radical (unpaired) electrons. The van der Waals surface area contributed by atoms with Crippen LogP contribution >= 0.6 is 11.6 Å². The molecule has 0 unspecified atom stereocenters. The highest BCUT2D eigenvalue weighted by atomic mass is 35.5. The van der Waals surface area contributed by atoms with E-state index in [1.165, 1.54) is 12.1 Å². The zero-order valence-electron chi connectivity index (χ0n) is 6.89. The molecule has 13 heavy (non-hydrogen) atoms. The molecule has 70 valence electrons. The summed E-state index contributed by atoms with van der Waals surface area (Å²) in [5.74, 6) is 0.159. The van der Waals surface area contributed by atoms with Gasteiger partial charge < -0.3 is 10.5 Å². The summed E-state index contributed by atoms with van der Waals surface area (Å²) >= 11 is 5.60. The molecule has 0 saturated heterocycles. The lowest BCUT2D eigenvalue weighted by Crippen LogP contribution is -2.20. The maximum atomic E-state index is 13.0. The first-order valence-electron chi connectivity index (χ1n) is 4.06. The van der Waals surface area contributed by atoms with Gasteiger partial charge in [0.2, 0.25) is 0 Å². The topological polar surface area (TPSA) is 35.2 Å². The molecule has 0 bridgehead atoms. The Morgan fingerprint density at radius 3 is 3.08 bits per heavy atom. The molecule has 0 aromatic heterocycles. The van der Waals surface area contributed by atoms with Crippen molar-refractivity contribution in [2.45, 2.75) is 12.5 Å². The molecule has 0 amide bonds. The van der Waals surface area contributed by atoms with Crippen molar-refractivity contribution < 1.29 is 9.13 Å². The number of hydrogen-bond donors (Lipinski definition) is 1. The minimum atomic E-state index is -0.443. The third-order valence-corrected chi connectivity index (χ3v) is 2.43.